The largest absolute Gasteiger partial charge is 0.395 e. The Morgan fingerprint density at radius 2 is 1.88 bits per heavy atom. The average Bonchev–Trinajstić information content (AvgIpc) is 2.91. The first-order valence-electron chi connectivity index (χ1n) is 12.8. The number of hydrogen-bond donors (Lipinski definition) is 3. The molecule has 4 heterocycles. The molecule has 8 nitrogen and oxygen atoms in total. The summed E-state index contributed by atoms with van der Waals surface area (Å²) in [6, 6.07) is 0.953. The molecule has 2 aliphatic heterocycles. The number of nitrogens with two attached hydrogens (primary N) is 1. The number of benzene rings is 1. The molecule has 5 rings (SSSR count). The van der Waals surface area contributed by atoms with Gasteiger partial charge in [0.05, 0.1) is 32.9 Å². The summed E-state index contributed by atoms with van der Waals surface area (Å²) in [4.78, 5) is 24.6. The molecule has 1 unspecified atom stereocenters. The molecule has 0 saturated carbocycles. The van der Waals surface area contributed by atoms with E-state index >= 15 is 4.39 Å². The van der Waals surface area contributed by atoms with Crippen LogP contribution in [0.25, 0.3) is 28.0 Å². The monoisotopic (exact) mass is 593 g/mol. The van der Waals surface area contributed by atoms with Gasteiger partial charge >= 0.3 is 5.69 Å². The van der Waals surface area contributed by atoms with Crippen molar-refractivity contribution in [2.75, 3.05) is 30.3 Å². The van der Waals surface area contributed by atoms with E-state index in [4.69, 9.17) is 28.9 Å². The number of halogens is 5. The molecule has 0 spiro atoms. The normalized spacial score (nSPS) is 19.6. The third-order valence-corrected chi connectivity index (χ3v) is 7.97. The lowest BCUT2D eigenvalue weighted by molar-refractivity contribution is 0.482. The van der Waals surface area contributed by atoms with E-state index in [0.29, 0.717) is 25.3 Å². The summed E-state index contributed by atoms with van der Waals surface area (Å²) in [6.45, 7) is 9.50. The van der Waals surface area contributed by atoms with E-state index in [2.05, 4.69) is 20.6 Å². The highest BCUT2D eigenvalue weighted by molar-refractivity contribution is 6.41. The number of pyridine rings is 1. The Bertz CT molecular complexity index is 1620. The van der Waals surface area contributed by atoms with Gasteiger partial charge < -0.3 is 21.3 Å². The van der Waals surface area contributed by atoms with Gasteiger partial charge in [-0.15, -0.1) is 0 Å². The number of piperazine rings is 1. The van der Waals surface area contributed by atoms with Crippen molar-refractivity contribution < 1.29 is 13.2 Å². The zero-order chi connectivity index (χ0) is 29.0. The lowest BCUT2D eigenvalue weighted by Crippen LogP contribution is -2.50. The summed E-state index contributed by atoms with van der Waals surface area (Å²) >= 11 is 12.4. The van der Waals surface area contributed by atoms with Crippen molar-refractivity contribution in [1.82, 2.24) is 25.2 Å². The van der Waals surface area contributed by atoms with Crippen LogP contribution in [0.5, 0.6) is 0 Å². The Morgan fingerprint density at radius 1 is 1.15 bits per heavy atom. The zero-order valence-electron chi connectivity index (χ0n) is 22.2. The van der Waals surface area contributed by atoms with Crippen molar-refractivity contribution in [1.29, 1.82) is 0 Å². The maximum absolute atomic E-state index is 15.9. The third kappa shape index (κ3) is 4.59. The topological polar surface area (TPSA) is 101 Å². The Balaban J connectivity index is 1.90. The Labute approximate surface area is 238 Å². The van der Waals surface area contributed by atoms with Crippen LogP contribution in [-0.2, 0) is 0 Å². The maximum Gasteiger partial charge on any atom is 0.355 e. The second kappa shape index (κ2) is 10.6. The molecule has 2 aliphatic rings. The number of dihydropyridines is 1. The molecule has 3 aromatic rings. The maximum atomic E-state index is 15.9. The number of anilines is 2. The zero-order valence-corrected chi connectivity index (χ0v) is 23.8. The molecule has 0 radical (unpaired) electrons. The molecule has 0 aliphatic carbocycles. The number of nitrogens with one attached hydrogen (secondary N) is 2. The molecule has 212 valence electrons. The number of fused-ring (bicyclic) bond motifs is 1. The fourth-order valence-corrected chi connectivity index (χ4v) is 5.82. The Hall–Kier alpha value is -3.28. The molecular weight excluding hydrogens is 566 g/mol. The SMILES string of the molecule is CC1=C(n2c(=O)nc(N3CCN[C@H](C)C3)c3cc(F)c(-c4c(Cl)c(N)c(F)c(F)c4Cl)nc32)C(C(C)C)NC=C1. The van der Waals surface area contributed by atoms with Gasteiger partial charge in [0.1, 0.15) is 17.3 Å². The van der Waals surface area contributed by atoms with Crippen LogP contribution in [0, 0.1) is 23.4 Å². The molecule has 1 fully saturated rings. The summed E-state index contributed by atoms with van der Waals surface area (Å²) in [7, 11) is 0. The number of allylic oxidation sites excluding steroid dienone is 2. The lowest BCUT2D eigenvalue weighted by atomic mass is 9.95. The van der Waals surface area contributed by atoms with Gasteiger partial charge in [-0.1, -0.05) is 37.0 Å². The van der Waals surface area contributed by atoms with Crippen molar-refractivity contribution in [2.45, 2.75) is 39.8 Å². The van der Waals surface area contributed by atoms with Gasteiger partial charge in [0.25, 0.3) is 0 Å². The highest BCUT2D eigenvalue weighted by Gasteiger charge is 2.31. The second-order valence-corrected chi connectivity index (χ2v) is 11.1. The molecule has 1 aromatic carbocycles. The van der Waals surface area contributed by atoms with Gasteiger partial charge in [-0.25, -0.2) is 27.5 Å². The summed E-state index contributed by atoms with van der Waals surface area (Å²) < 4.78 is 46.1. The Kier molecular flexibility index (Phi) is 7.49. The molecule has 1 saturated heterocycles. The highest BCUT2D eigenvalue weighted by Crippen LogP contribution is 2.43. The summed E-state index contributed by atoms with van der Waals surface area (Å²) in [5, 5.41) is 5.59. The van der Waals surface area contributed by atoms with Crippen molar-refractivity contribution in [2.24, 2.45) is 5.92 Å². The summed E-state index contributed by atoms with van der Waals surface area (Å²) in [5.74, 6) is -3.55. The first-order chi connectivity index (χ1) is 18.9. The highest BCUT2D eigenvalue weighted by atomic mass is 35.5. The molecule has 2 aromatic heterocycles. The van der Waals surface area contributed by atoms with Crippen LogP contribution in [0.3, 0.4) is 0 Å². The second-order valence-electron chi connectivity index (χ2n) is 10.4. The van der Waals surface area contributed by atoms with Crippen LogP contribution in [-0.4, -0.2) is 46.3 Å². The smallest absolute Gasteiger partial charge is 0.355 e. The van der Waals surface area contributed by atoms with Crippen LogP contribution >= 0.6 is 23.2 Å². The minimum atomic E-state index is -1.48. The van der Waals surface area contributed by atoms with Gasteiger partial charge in [0.2, 0.25) is 0 Å². The fourth-order valence-electron chi connectivity index (χ4n) is 5.23. The fraction of sp³-hybridized carbons (Fsp3) is 0.370. The van der Waals surface area contributed by atoms with Gasteiger partial charge in [-0.3, -0.25) is 0 Å². The van der Waals surface area contributed by atoms with E-state index in [-0.39, 0.29) is 34.9 Å². The van der Waals surface area contributed by atoms with E-state index in [9.17, 15) is 13.6 Å². The third-order valence-electron chi connectivity index (χ3n) is 7.22. The van der Waals surface area contributed by atoms with Crippen molar-refractivity contribution in [3.05, 3.63) is 61.9 Å². The number of hydrogen-bond acceptors (Lipinski definition) is 7. The van der Waals surface area contributed by atoms with Crippen LogP contribution in [0.1, 0.15) is 27.7 Å². The first-order valence-corrected chi connectivity index (χ1v) is 13.5. The number of aromatic nitrogens is 3. The van der Waals surface area contributed by atoms with Gasteiger partial charge in [0.15, 0.2) is 17.3 Å². The minimum Gasteiger partial charge on any atom is -0.395 e. The van der Waals surface area contributed by atoms with E-state index in [0.717, 1.165) is 5.57 Å². The molecule has 0 amide bonds. The quantitative estimate of drug-likeness (QED) is 0.224. The first kappa shape index (κ1) is 28.3. The van der Waals surface area contributed by atoms with Crippen LogP contribution in [0.4, 0.5) is 24.7 Å². The summed E-state index contributed by atoms with van der Waals surface area (Å²) in [5.41, 5.74) is 4.82. The minimum absolute atomic E-state index is 0.0420. The van der Waals surface area contributed by atoms with Gasteiger partial charge in [-0.2, -0.15) is 4.98 Å². The van der Waals surface area contributed by atoms with Crippen LogP contribution < -0.4 is 27.0 Å². The molecule has 4 N–H and O–H groups in total. The van der Waals surface area contributed by atoms with Gasteiger partial charge in [0, 0.05) is 31.2 Å². The van der Waals surface area contributed by atoms with E-state index < -0.39 is 50.1 Å². The van der Waals surface area contributed by atoms with Crippen LogP contribution in [0.2, 0.25) is 10.0 Å². The standard InChI is InChI=1S/C27H28Cl2F3N7O/c1-11(2)22-24(12(3)5-6-35-22)39-26-14(25(37-27(39)40)38-8-7-34-13(4)10-38)9-15(30)23(36-26)16-17(28)19(31)20(32)21(33)18(16)29/h5-6,9,11,13,22,34-35H,7-8,10,33H2,1-4H3/t13-,22?/m1/s1. The number of nitrogens with zero attached hydrogens (tertiary/aromatic N) is 4. The van der Waals surface area contributed by atoms with Crippen LogP contribution in [0.15, 0.2) is 28.7 Å². The predicted octanol–water partition coefficient (Wildman–Crippen LogP) is 4.94. The van der Waals surface area contributed by atoms with Crippen molar-refractivity contribution in [3.63, 3.8) is 0 Å². The number of nitrogen functional groups attached to an aromatic ring is 1. The molecule has 40 heavy (non-hydrogen) atoms. The molecule has 2 atom stereocenters. The van der Waals surface area contributed by atoms with E-state index in [1.807, 2.05) is 38.7 Å². The lowest BCUT2D eigenvalue weighted by Gasteiger charge is -2.34. The number of rotatable bonds is 4. The molecule has 13 heteroatoms. The summed E-state index contributed by atoms with van der Waals surface area (Å²) in [6.07, 6.45) is 3.61. The van der Waals surface area contributed by atoms with Gasteiger partial charge in [-0.05, 0) is 43.7 Å². The molecule has 0 bridgehead atoms. The van der Waals surface area contributed by atoms with E-state index in [1.165, 1.54) is 10.6 Å². The average molecular weight is 594 g/mol. The van der Waals surface area contributed by atoms with Crippen molar-refractivity contribution >= 4 is 51.4 Å². The molecular formula is C27H28Cl2F3N7O. The Morgan fingerprint density at radius 3 is 2.55 bits per heavy atom. The predicted molar refractivity (Wildman–Crippen MR) is 153 cm³/mol. The van der Waals surface area contributed by atoms with Crippen molar-refractivity contribution in [3.8, 4) is 11.3 Å². The van der Waals surface area contributed by atoms with E-state index in [1.54, 1.807) is 6.20 Å².